The molecule has 0 unspecified atom stereocenters. The molecule has 0 aliphatic heterocycles. The smallest absolute Gasteiger partial charge is 0.221 e. The van der Waals surface area contributed by atoms with Crippen molar-refractivity contribution >= 4 is 5.82 Å². The average Bonchev–Trinajstić information content (AvgIpc) is 2.42. The number of nitrogens with one attached hydrogen (secondary N) is 1. The van der Waals surface area contributed by atoms with E-state index in [4.69, 9.17) is 4.74 Å². The summed E-state index contributed by atoms with van der Waals surface area (Å²) in [4.78, 5) is 4.44. The summed E-state index contributed by atoms with van der Waals surface area (Å²) in [6, 6.07) is 11.8. The van der Waals surface area contributed by atoms with Crippen molar-refractivity contribution in [1.82, 2.24) is 4.98 Å². The van der Waals surface area contributed by atoms with Gasteiger partial charge >= 0.3 is 0 Å². The molecule has 0 aliphatic carbocycles. The fraction of sp³-hybridized carbons (Fsp3) is 0.312. The summed E-state index contributed by atoms with van der Waals surface area (Å²) < 4.78 is 5.86. The van der Waals surface area contributed by atoms with Gasteiger partial charge in [-0.05, 0) is 43.5 Å². The van der Waals surface area contributed by atoms with Crippen LogP contribution in [0.4, 0.5) is 5.82 Å². The van der Waals surface area contributed by atoms with Crippen molar-refractivity contribution in [3.8, 4) is 11.6 Å². The van der Waals surface area contributed by atoms with Crippen LogP contribution in [0.2, 0.25) is 0 Å². The summed E-state index contributed by atoms with van der Waals surface area (Å²) in [5.74, 6) is 2.33. The van der Waals surface area contributed by atoms with Gasteiger partial charge in [0.2, 0.25) is 5.88 Å². The van der Waals surface area contributed by atoms with Crippen molar-refractivity contribution in [2.24, 2.45) is 0 Å². The molecule has 0 saturated carbocycles. The largest absolute Gasteiger partial charge is 0.439 e. The van der Waals surface area contributed by atoms with Crippen LogP contribution in [-0.2, 0) is 0 Å². The quantitative estimate of drug-likeness (QED) is 0.865. The number of aryl methyl sites for hydroxylation is 1. The Kier molecular flexibility index (Phi) is 4.39. The summed E-state index contributed by atoms with van der Waals surface area (Å²) in [5, 5.41) is 3.26. The highest BCUT2D eigenvalue weighted by atomic mass is 16.5. The van der Waals surface area contributed by atoms with Crippen molar-refractivity contribution in [2.45, 2.75) is 27.2 Å². The van der Waals surface area contributed by atoms with Crippen molar-refractivity contribution in [2.75, 3.05) is 11.9 Å². The molecule has 0 bridgehead atoms. The van der Waals surface area contributed by atoms with Gasteiger partial charge in [-0.15, -0.1) is 0 Å². The van der Waals surface area contributed by atoms with Crippen LogP contribution in [0.15, 0.2) is 36.4 Å². The maximum Gasteiger partial charge on any atom is 0.221 e. The molecule has 19 heavy (non-hydrogen) atoms. The van der Waals surface area contributed by atoms with Crippen molar-refractivity contribution in [1.29, 1.82) is 0 Å². The number of aromatic nitrogens is 1. The minimum absolute atomic E-state index is 0.620. The van der Waals surface area contributed by atoms with Crippen LogP contribution in [0.1, 0.15) is 24.5 Å². The van der Waals surface area contributed by atoms with E-state index in [9.17, 15) is 0 Å². The van der Waals surface area contributed by atoms with Crippen LogP contribution >= 0.6 is 0 Å². The lowest BCUT2D eigenvalue weighted by Crippen LogP contribution is -2.02. The van der Waals surface area contributed by atoms with E-state index >= 15 is 0 Å². The van der Waals surface area contributed by atoms with Crippen LogP contribution < -0.4 is 10.1 Å². The first kappa shape index (κ1) is 13.4. The highest BCUT2D eigenvalue weighted by Gasteiger charge is 2.04. The Morgan fingerprint density at radius 2 is 1.89 bits per heavy atom. The summed E-state index contributed by atoms with van der Waals surface area (Å²) in [6.07, 6.45) is 1.07. The number of hydrogen-bond donors (Lipinski definition) is 1. The molecule has 100 valence electrons. The predicted molar refractivity (Wildman–Crippen MR) is 79.0 cm³/mol. The van der Waals surface area contributed by atoms with E-state index in [0.29, 0.717) is 5.88 Å². The summed E-state index contributed by atoms with van der Waals surface area (Å²) >= 11 is 0. The molecule has 1 aromatic carbocycles. The number of anilines is 1. The van der Waals surface area contributed by atoms with Gasteiger partial charge in [-0.25, -0.2) is 0 Å². The number of pyridine rings is 1. The number of ether oxygens (including phenoxy) is 1. The lowest BCUT2D eigenvalue weighted by molar-refractivity contribution is 0.459. The fourth-order valence-corrected chi connectivity index (χ4v) is 1.77. The standard InChI is InChI=1S/C16H20N2O/c1-4-11-17-15-9-6-10-16(18-15)19-14-8-5-7-12(2)13(14)3/h5-10H,4,11H2,1-3H3,(H,17,18). The third-order valence-electron chi connectivity index (χ3n) is 3.05. The van der Waals surface area contributed by atoms with Crippen molar-refractivity contribution in [3.05, 3.63) is 47.5 Å². The fourth-order valence-electron chi connectivity index (χ4n) is 1.77. The normalized spacial score (nSPS) is 10.3. The summed E-state index contributed by atoms with van der Waals surface area (Å²) in [7, 11) is 0. The molecule has 0 radical (unpaired) electrons. The molecule has 0 fully saturated rings. The van der Waals surface area contributed by atoms with E-state index in [2.05, 4.69) is 37.1 Å². The first-order chi connectivity index (χ1) is 9.20. The lowest BCUT2D eigenvalue weighted by Gasteiger charge is -2.11. The number of benzene rings is 1. The Hall–Kier alpha value is -2.03. The monoisotopic (exact) mass is 256 g/mol. The van der Waals surface area contributed by atoms with Crippen LogP contribution in [0, 0.1) is 13.8 Å². The molecule has 1 heterocycles. The first-order valence-corrected chi connectivity index (χ1v) is 6.65. The zero-order valence-electron chi connectivity index (χ0n) is 11.7. The number of nitrogens with zero attached hydrogens (tertiary/aromatic N) is 1. The number of rotatable bonds is 5. The van der Waals surface area contributed by atoms with Gasteiger partial charge in [0.1, 0.15) is 11.6 Å². The maximum atomic E-state index is 5.86. The lowest BCUT2D eigenvalue weighted by atomic mass is 10.1. The van der Waals surface area contributed by atoms with Gasteiger partial charge in [-0.1, -0.05) is 25.1 Å². The highest BCUT2D eigenvalue weighted by molar-refractivity contribution is 5.42. The van der Waals surface area contributed by atoms with E-state index in [-0.39, 0.29) is 0 Å². The van der Waals surface area contributed by atoms with E-state index in [1.54, 1.807) is 0 Å². The molecule has 3 heteroatoms. The topological polar surface area (TPSA) is 34.1 Å². The van der Waals surface area contributed by atoms with Gasteiger partial charge in [-0.2, -0.15) is 4.98 Å². The molecule has 3 nitrogen and oxygen atoms in total. The van der Waals surface area contributed by atoms with Gasteiger partial charge in [-0.3, -0.25) is 0 Å². The molecular weight excluding hydrogens is 236 g/mol. The summed E-state index contributed by atoms with van der Waals surface area (Å²) in [6.45, 7) is 7.18. The van der Waals surface area contributed by atoms with Crippen molar-refractivity contribution < 1.29 is 4.74 Å². The van der Waals surface area contributed by atoms with E-state index in [1.807, 2.05) is 30.3 Å². The van der Waals surface area contributed by atoms with Gasteiger partial charge in [0.25, 0.3) is 0 Å². The second-order valence-corrected chi connectivity index (χ2v) is 4.59. The highest BCUT2D eigenvalue weighted by Crippen LogP contribution is 2.26. The third kappa shape index (κ3) is 3.47. The second-order valence-electron chi connectivity index (χ2n) is 4.59. The molecular formula is C16H20N2O. The Labute approximate surface area is 114 Å². The van der Waals surface area contributed by atoms with Gasteiger partial charge in [0, 0.05) is 12.6 Å². The van der Waals surface area contributed by atoms with Crippen LogP contribution in [0.5, 0.6) is 11.6 Å². The Morgan fingerprint density at radius 3 is 2.68 bits per heavy atom. The second kappa shape index (κ2) is 6.23. The van der Waals surface area contributed by atoms with E-state index < -0.39 is 0 Å². The Morgan fingerprint density at radius 1 is 1.11 bits per heavy atom. The van der Waals surface area contributed by atoms with Gasteiger partial charge < -0.3 is 10.1 Å². The van der Waals surface area contributed by atoms with E-state index in [1.165, 1.54) is 5.56 Å². The number of hydrogen-bond acceptors (Lipinski definition) is 3. The third-order valence-corrected chi connectivity index (χ3v) is 3.05. The molecule has 1 aromatic heterocycles. The van der Waals surface area contributed by atoms with Gasteiger partial charge in [0.05, 0.1) is 0 Å². The SMILES string of the molecule is CCCNc1cccc(Oc2cccc(C)c2C)n1. The van der Waals surface area contributed by atoms with Crippen LogP contribution in [-0.4, -0.2) is 11.5 Å². The minimum atomic E-state index is 0.620. The van der Waals surface area contributed by atoms with Crippen LogP contribution in [0.3, 0.4) is 0 Å². The molecule has 2 rings (SSSR count). The Balaban J connectivity index is 2.16. The Bertz CT molecular complexity index is 552. The van der Waals surface area contributed by atoms with Crippen LogP contribution in [0.25, 0.3) is 0 Å². The molecule has 2 aromatic rings. The van der Waals surface area contributed by atoms with Gasteiger partial charge in [0.15, 0.2) is 0 Å². The molecule has 0 saturated heterocycles. The average molecular weight is 256 g/mol. The zero-order chi connectivity index (χ0) is 13.7. The van der Waals surface area contributed by atoms with Crippen molar-refractivity contribution in [3.63, 3.8) is 0 Å². The molecule has 0 aliphatic rings. The van der Waals surface area contributed by atoms with E-state index in [0.717, 1.165) is 30.1 Å². The molecule has 1 N–H and O–H groups in total. The maximum absolute atomic E-state index is 5.86. The predicted octanol–water partition coefficient (Wildman–Crippen LogP) is 4.31. The minimum Gasteiger partial charge on any atom is -0.439 e. The first-order valence-electron chi connectivity index (χ1n) is 6.65. The summed E-state index contributed by atoms with van der Waals surface area (Å²) in [5.41, 5.74) is 2.37. The zero-order valence-corrected chi connectivity index (χ0v) is 11.7. The molecule has 0 spiro atoms. The molecule has 0 atom stereocenters. The molecule has 0 amide bonds.